The molecular weight excluding hydrogens is 328 g/mol. The highest BCUT2D eigenvalue weighted by Gasteiger charge is 2.06. The average molecular weight is 347 g/mol. The van der Waals surface area contributed by atoms with Gasteiger partial charge in [0, 0.05) is 23.7 Å². The van der Waals surface area contributed by atoms with E-state index in [-0.39, 0.29) is 18.2 Å². The third-order valence-corrected chi connectivity index (χ3v) is 3.61. The Morgan fingerprint density at radius 1 is 0.958 bits per heavy atom. The van der Waals surface area contributed by atoms with E-state index in [9.17, 15) is 9.59 Å². The lowest BCUT2D eigenvalue weighted by Crippen LogP contribution is -2.35. The number of carbonyl (C=O) groups excluding carboxylic acids is 2. The molecule has 0 unspecified atom stereocenters. The zero-order valence-electron chi connectivity index (χ0n) is 13.3. The van der Waals surface area contributed by atoms with Crippen molar-refractivity contribution in [3.05, 3.63) is 64.7 Å². The van der Waals surface area contributed by atoms with Crippen molar-refractivity contribution in [3.8, 4) is 5.75 Å². The Labute approximate surface area is 146 Å². The summed E-state index contributed by atoms with van der Waals surface area (Å²) >= 11 is 5.80. The molecule has 2 rings (SSSR count). The van der Waals surface area contributed by atoms with Gasteiger partial charge in [0.1, 0.15) is 5.75 Å². The maximum atomic E-state index is 11.9. The minimum atomic E-state index is -0.190. The maximum absolute atomic E-state index is 11.9. The standard InChI is InChI=1S/C18H19ClN2O3/c1-24-16-8-4-14(5-9-16)18(23)21-11-10-20-17(22)12-13-2-6-15(19)7-3-13/h2-9H,10-12H2,1H3,(H,20,22)(H,21,23). The van der Waals surface area contributed by atoms with Gasteiger partial charge in [0.25, 0.3) is 5.91 Å². The highest BCUT2D eigenvalue weighted by molar-refractivity contribution is 6.30. The molecule has 0 aliphatic rings. The fraction of sp³-hybridized carbons (Fsp3) is 0.222. The molecule has 0 spiro atoms. The summed E-state index contributed by atoms with van der Waals surface area (Å²) in [5.41, 5.74) is 1.43. The van der Waals surface area contributed by atoms with Crippen LogP contribution >= 0.6 is 11.6 Å². The Morgan fingerprint density at radius 3 is 2.21 bits per heavy atom. The first kappa shape index (κ1) is 17.8. The third kappa shape index (κ3) is 5.59. The molecular formula is C18H19ClN2O3. The summed E-state index contributed by atoms with van der Waals surface area (Å²) in [6.45, 7) is 0.728. The van der Waals surface area contributed by atoms with E-state index in [4.69, 9.17) is 16.3 Å². The van der Waals surface area contributed by atoms with Crippen molar-refractivity contribution in [2.75, 3.05) is 20.2 Å². The van der Waals surface area contributed by atoms with Gasteiger partial charge in [0.2, 0.25) is 5.91 Å². The molecule has 6 heteroatoms. The van der Waals surface area contributed by atoms with Crippen LogP contribution in [0, 0.1) is 0 Å². The molecule has 0 aliphatic carbocycles. The van der Waals surface area contributed by atoms with E-state index < -0.39 is 0 Å². The van der Waals surface area contributed by atoms with Crippen LogP contribution in [0.1, 0.15) is 15.9 Å². The predicted octanol–water partition coefficient (Wildman–Crippen LogP) is 2.44. The van der Waals surface area contributed by atoms with Crippen LogP contribution in [0.5, 0.6) is 5.75 Å². The predicted molar refractivity (Wildman–Crippen MR) is 93.5 cm³/mol. The van der Waals surface area contributed by atoms with Crippen molar-refractivity contribution in [1.82, 2.24) is 10.6 Å². The number of rotatable bonds is 7. The Kier molecular flexibility index (Phi) is 6.63. The minimum absolute atomic E-state index is 0.101. The van der Waals surface area contributed by atoms with Crippen LogP contribution in [0.3, 0.4) is 0 Å². The smallest absolute Gasteiger partial charge is 0.251 e. The van der Waals surface area contributed by atoms with Gasteiger partial charge in [-0.15, -0.1) is 0 Å². The van der Waals surface area contributed by atoms with Crippen LogP contribution < -0.4 is 15.4 Å². The number of amides is 2. The minimum Gasteiger partial charge on any atom is -0.497 e. The molecule has 24 heavy (non-hydrogen) atoms. The summed E-state index contributed by atoms with van der Waals surface area (Å²) in [6, 6.07) is 13.9. The molecule has 0 aliphatic heterocycles. The van der Waals surface area contributed by atoms with Gasteiger partial charge in [0.15, 0.2) is 0 Å². The molecule has 0 fully saturated rings. The van der Waals surface area contributed by atoms with Crippen LogP contribution in [-0.4, -0.2) is 32.0 Å². The van der Waals surface area contributed by atoms with E-state index in [1.165, 1.54) is 0 Å². The summed E-state index contributed by atoms with van der Waals surface area (Å²) in [5, 5.41) is 6.15. The molecule has 126 valence electrons. The van der Waals surface area contributed by atoms with Gasteiger partial charge >= 0.3 is 0 Å². The molecule has 0 saturated heterocycles. The van der Waals surface area contributed by atoms with E-state index in [1.54, 1.807) is 43.5 Å². The third-order valence-electron chi connectivity index (χ3n) is 3.36. The Morgan fingerprint density at radius 2 is 1.58 bits per heavy atom. The van der Waals surface area contributed by atoms with E-state index in [2.05, 4.69) is 10.6 Å². The summed E-state index contributed by atoms with van der Waals surface area (Å²) < 4.78 is 5.04. The maximum Gasteiger partial charge on any atom is 0.251 e. The Bertz CT molecular complexity index is 684. The molecule has 2 aromatic rings. The largest absolute Gasteiger partial charge is 0.497 e. The highest BCUT2D eigenvalue weighted by atomic mass is 35.5. The van der Waals surface area contributed by atoms with Crippen LogP contribution in [0.2, 0.25) is 5.02 Å². The molecule has 0 bridgehead atoms. The first-order chi connectivity index (χ1) is 11.6. The number of hydrogen-bond acceptors (Lipinski definition) is 3. The molecule has 0 radical (unpaired) electrons. The van der Waals surface area contributed by atoms with Gasteiger partial charge in [-0.2, -0.15) is 0 Å². The molecule has 2 N–H and O–H groups in total. The van der Waals surface area contributed by atoms with Gasteiger partial charge < -0.3 is 15.4 Å². The highest BCUT2D eigenvalue weighted by Crippen LogP contribution is 2.11. The van der Waals surface area contributed by atoms with Crippen molar-refractivity contribution in [3.63, 3.8) is 0 Å². The zero-order valence-corrected chi connectivity index (χ0v) is 14.1. The van der Waals surface area contributed by atoms with Crippen molar-refractivity contribution in [1.29, 1.82) is 0 Å². The summed E-state index contributed by atoms with van der Waals surface area (Å²) in [7, 11) is 1.57. The first-order valence-electron chi connectivity index (χ1n) is 7.52. The lowest BCUT2D eigenvalue weighted by atomic mass is 10.1. The lowest BCUT2D eigenvalue weighted by Gasteiger charge is -2.08. The topological polar surface area (TPSA) is 67.4 Å². The van der Waals surface area contributed by atoms with Crippen LogP contribution in [0.4, 0.5) is 0 Å². The number of halogens is 1. The van der Waals surface area contributed by atoms with E-state index in [0.717, 1.165) is 5.56 Å². The fourth-order valence-corrected chi connectivity index (χ4v) is 2.20. The molecule has 2 amide bonds. The molecule has 2 aromatic carbocycles. The normalized spacial score (nSPS) is 10.1. The van der Waals surface area contributed by atoms with Crippen molar-refractivity contribution in [2.45, 2.75) is 6.42 Å². The molecule has 5 nitrogen and oxygen atoms in total. The number of carbonyl (C=O) groups is 2. The molecule has 0 aromatic heterocycles. The van der Waals surface area contributed by atoms with E-state index >= 15 is 0 Å². The second kappa shape index (κ2) is 8.93. The van der Waals surface area contributed by atoms with Crippen LogP contribution in [0.15, 0.2) is 48.5 Å². The second-order valence-electron chi connectivity index (χ2n) is 5.14. The van der Waals surface area contributed by atoms with E-state index in [0.29, 0.717) is 29.4 Å². The van der Waals surface area contributed by atoms with Gasteiger partial charge in [-0.05, 0) is 42.0 Å². The molecule has 0 heterocycles. The van der Waals surface area contributed by atoms with Gasteiger partial charge in [-0.1, -0.05) is 23.7 Å². The van der Waals surface area contributed by atoms with Crippen molar-refractivity contribution < 1.29 is 14.3 Å². The number of methoxy groups -OCH3 is 1. The second-order valence-corrected chi connectivity index (χ2v) is 5.57. The molecule has 0 atom stereocenters. The number of hydrogen-bond donors (Lipinski definition) is 2. The Hall–Kier alpha value is -2.53. The summed E-state index contributed by atoms with van der Waals surface area (Å²) in [5.74, 6) is 0.404. The quantitative estimate of drug-likeness (QED) is 0.757. The number of nitrogens with one attached hydrogen (secondary N) is 2. The SMILES string of the molecule is COc1ccc(C(=O)NCCNC(=O)Cc2ccc(Cl)cc2)cc1. The van der Waals surface area contributed by atoms with E-state index in [1.807, 2.05) is 12.1 Å². The number of ether oxygens (including phenoxy) is 1. The van der Waals surface area contributed by atoms with Crippen molar-refractivity contribution >= 4 is 23.4 Å². The fourth-order valence-electron chi connectivity index (χ4n) is 2.07. The number of benzene rings is 2. The van der Waals surface area contributed by atoms with Gasteiger partial charge in [0.05, 0.1) is 13.5 Å². The lowest BCUT2D eigenvalue weighted by molar-refractivity contribution is -0.120. The Balaban J connectivity index is 1.68. The summed E-state index contributed by atoms with van der Waals surface area (Å²) in [4.78, 5) is 23.7. The van der Waals surface area contributed by atoms with Gasteiger partial charge in [-0.3, -0.25) is 9.59 Å². The van der Waals surface area contributed by atoms with Crippen LogP contribution in [0.25, 0.3) is 0 Å². The molecule has 0 saturated carbocycles. The first-order valence-corrected chi connectivity index (χ1v) is 7.89. The van der Waals surface area contributed by atoms with Crippen LogP contribution in [-0.2, 0) is 11.2 Å². The monoisotopic (exact) mass is 346 g/mol. The zero-order chi connectivity index (χ0) is 17.4. The van der Waals surface area contributed by atoms with Crippen molar-refractivity contribution in [2.24, 2.45) is 0 Å². The van der Waals surface area contributed by atoms with Gasteiger partial charge in [-0.25, -0.2) is 0 Å². The summed E-state index contributed by atoms with van der Waals surface area (Å²) in [6.07, 6.45) is 0.281. The average Bonchev–Trinajstić information content (AvgIpc) is 2.60.